The first kappa shape index (κ1) is 20.0. The van der Waals surface area contributed by atoms with Crippen molar-refractivity contribution in [2.24, 2.45) is 0 Å². The summed E-state index contributed by atoms with van der Waals surface area (Å²) in [5.74, 6) is -2.93. The molecule has 0 aliphatic carbocycles. The van der Waals surface area contributed by atoms with Crippen LogP contribution in [0.15, 0.2) is 66.7 Å². The van der Waals surface area contributed by atoms with Crippen molar-refractivity contribution in [1.29, 1.82) is 0 Å². The summed E-state index contributed by atoms with van der Waals surface area (Å²) in [7, 11) is 0. The third kappa shape index (κ3) is 4.77. The normalized spacial score (nSPS) is 10.3. The lowest BCUT2D eigenvalue weighted by molar-refractivity contribution is 0.0692. The minimum absolute atomic E-state index is 0.00388. The Morgan fingerprint density at radius 2 is 1.45 bits per heavy atom. The van der Waals surface area contributed by atoms with Gasteiger partial charge in [-0.3, -0.25) is 9.59 Å². The lowest BCUT2D eigenvalue weighted by atomic mass is 10.1. The fourth-order valence-electron chi connectivity index (χ4n) is 2.58. The van der Waals surface area contributed by atoms with Gasteiger partial charge in [0.25, 0.3) is 11.8 Å². The van der Waals surface area contributed by atoms with Crippen molar-refractivity contribution in [3.05, 3.63) is 94.3 Å². The Labute approximate surface area is 169 Å². The number of aromatic carboxylic acids is 1. The van der Waals surface area contributed by atoms with Crippen LogP contribution in [0.25, 0.3) is 0 Å². The van der Waals surface area contributed by atoms with Crippen LogP contribution in [0.4, 0.5) is 15.8 Å². The van der Waals surface area contributed by atoms with E-state index < -0.39 is 23.6 Å². The molecule has 0 atom stereocenters. The van der Waals surface area contributed by atoms with Crippen molar-refractivity contribution >= 4 is 40.8 Å². The van der Waals surface area contributed by atoms with E-state index in [4.69, 9.17) is 11.6 Å². The fourth-order valence-corrected chi connectivity index (χ4v) is 2.76. The Morgan fingerprint density at radius 3 is 2.14 bits per heavy atom. The number of amides is 2. The minimum Gasteiger partial charge on any atom is -0.478 e. The number of halogens is 2. The first-order valence-corrected chi connectivity index (χ1v) is 8.73. The van der Waals surface area contributed by atoms with E-state index in [1.54, 1.807) is 18.2 Å². The van der Waals surface area contributed by atoms with E-state index in [-0.39, 0.29) is 21.7 Å². The van der Waals surface area contributed by atoms with Crippen molar-refractivity contribution in [2.45, 2.75) is 0 Å². The van der Waals surface area contributed by atoms with E-state index in [9.17, 15) is 23.9 Å². The molecule has 6 nitrogen and oxygen atoms in total. The summed E-state index contributed by atoms with van der Waals surface area (Å²) in [6.45, 7) is 0. The molecule has 0 aliphatic rings. The predicted octanol–water partition coefficient (Wildman–Crippen LogP) is 4.68. The van der Waals surface area contributed by atoms with Crippen molar-refractivity contribution < 1.29 is 23.9 Å². The van der Waals surface area contributed by atoms with Crippen molar-refractivity contribution in [3.63, 3.8) is 0 Å². The van der Waals surface area contributed by atoms with Crippen LogP contribution in [0.2, 0.25) is 5.02 Å². The molecule has 0 aliphatic heterocycles. The quantitative estimate of drug-likeness (QED) is 0.567. The summed E-state index contributed by atoms with van der Waals surface area (Å²) in [5, 5.41) is 14.2. The van der Waals surface area contributed by atoms with Gasteiger partial charge in [0.15, 0.2) is 0 Å². The Morgan fingerprint density at radius 1 is 0.793 bits per heavy atom. The van der Waals surface area contributed by atoms with Crippen LogP contribution < -0.4 is 10.6 Å². The summed E-state index contributed by atoms with van der Waals surface area (Å²) < 4.78 is 13.2. The van der Waals surface area contributed by atoms with Gasteiger partial charge in [-0.2, -0.15) is 0 Å². The molecule has 0 bridgehead atoms. The van der Waals surface area contributed by atoms with Crippen molar-refractivity contribution in [1.82, 2.24) is 0 Å². The highest BCUT2D eigenvalue weighted by molar-refractivity contribution is 6.31. The maximum Gasteiger partial charge on any atom is 0.336 e. The van der Waals surface area contributed by atoms with Gasteiger partial charge in [-0.25, -0.2) is 9.18 Å². The van der Waals surface area contributed by atoms with E-state index in [1.807, 2.05) is 0 Å². The number of carboxylic acids is 1. The summed E-state index contributed by atoms with van der Waals surface area (Å²) in [4.78, 5) is 36.2. The Balaban J connectivity index is 1.77. The highest BCUT2D eigenvalue weighted by Gasteiger charge is 2.16. The highest BCUT2D eigenvalue weighted by Crippen LogP contribution is 2.21. The van der Waals surface area contributed by atoms with Gasteiger partial charge >= 0.3 is 5.97 Å². The average molecular weight is 413 g/mol. The van der Waals surface area contributed by atoms with Gasteiger partial charge < -0.3 is 15.7 Å². The van der Waals surface area contributed by atoms with Crippen LogP contribution in [0.3, 0.4) is 0 Å². The van der Waals surface area contributed by atoms with Crippen LogP contribution in [-0.2, 0) is 0 Å². The maximum absolute atomic E-state index is 13.2. The summed E-state index contributed by atoms with van der Waals surface area (Å²) in [5.41, 5.74) is 0.712. The number of anilines is 2. The molecule has 29 heavy (non-hydrogen) atoms. The smallest absolute Gasteiger partial charge is 0.336 e. The number of carboxylic acid groups (broad SMARTS) is 1. The lowest BCUT2D eigenvalue weighted by Gasteiger charge is -2.10. The molecule has 0 saturated carbocycles. The SMILES string of the molecule is O=C(Nc1ccc(F)c(Cl)c1)c1cccc(NC(=O)c2ccccc2C(=O)O)c1. The number of benzene rings is 3. The van der Waals surface area contributed by atoms with Crippen LogP contribution in [-0.4, -0.2) is 22.9 Å². The first-order valence-electron chi connectivity index (χ1n) is 8.35. The molecular weight excluding hydrogens is 399 g/mol. The number of carbonyl (C=O) groups is 3. The zero-order valence-corrected chi connectivity index (χ0v) is 15.5. The zero-order chi connectivity index (χ0) is 21.0. The molecule has 8 heteroatoms. The molecule has 3 aromatic rings. The van der Waals surface area contributed by atoms with Gasteiger partial charge in [0.1, 0.15) is 5.82 Å². The molecular formula is C21H14ClFN2O4. The van der Waals surface area contributed by atoms with Gasteiger partial charge in [0, 0.05) is 16.9 Å². The monoisotopic (exact) mass is 412 g/mol. The van der Waals surface area contributed by atoms with Gasteiger partial charge in [-0.15, -0.1) is 0 Å². The third-order valence-electron chi connectivity index (χ3n) is 3.96. The van der Waals surface area contributed by atoms with Gasteiger partial charge in [-0.05, 0) is 48.5 Å². The van der Waals surface area contributed by atoms with Crippen molar-refractivity contribution in [3.8, 4) is 0 Å². The molecule has 0 aromatic heterocycles. The molecule has 3 rings (SSSR count). The van der Waals surface area contributed by atoms with Crippen LogP contribution in [0.1, 0.15) is 31.1 Å². The zero-order valence-electron chi connectivity index (χ0n) is 14.8. The highest BCUT2D eigenvalue weighted by atomic mass is 35.5. The van der Waals surface area contributed by atoms with Gasteiger partial charge in [0.2, 0.25) is 0 Å². The van der Waals surface area contributed by atoms with Gasteiger partial charge in [-0.1, -0.05) is 29.8 Å². The Kier molecular flexibility index (Phi) is 5.90. The van der Waals surface area contributed by atoms with Crippen LogP contribution in [0.5, 0.6) is 0 Å². The van der Waals surface area contributed by atoms with Crippen LogP contribution >= 0.6 is 11.6 Å². The number of carbonyl (C=O) groups excluding carboxylic acids is 2. The first-order chi connectivity index (χ1) is 13.8. The maximum atomic E-state index is 13.2. The van der Waals surface area contributed by atoms with E-state index in [1.165, 1.54) is 42.5 Å². The molecule has 0 fully saturated rings. The largest absolute Gasteiger partial charge is 0.478 e. The third-order valence-corrected chi connectivity index (χ3v) is 4.25. The topological polar surface area (TPSA) is 95.5 Å². The van der Waals surface area contributed by atoms with Gasteiger partial charge in [0.05, 0.1) is 16.1 Å². The molecule has 0 spiro atoms. The molecule has 0 radical (unpaired) electrons. The molecule has 0 unspecified atom stereocenters. The molecule has 0 heterocycles. The molecule has 0 saturated heterocycles. The summed E-state index contributed by atoms with van der Waals surface area (Å²) in [6, 6.07) is 15.7. The number of nitrogens with one attached hydrogen (secondary N) is 2. The number of hydrogen-bond donors (Lipinski definition) is 3. The molecule has 2 amide bonds. The standard InChI is InChI=1S/C21H14ClFN2O4/c22-17-11-14(8-9-18(17)23)24-19(26)12-4-3-5-13(10-12)25-20(27)15-6-1-2-7-16(15)21(28)29/h1-11H,(H,24,26)(H,25,27)(H,28,29). The minimum atomic E-state index is -1.22. The second kappa shape index (κ2) is 8.53. The molecule has 3 N–H and O–H groups in total. The number of hydrogen-bond acceptors (Lipinski definition) is 3. The second-order valence-electron chi connectivity index (χ2n) is 5.97. The lowest BCUT2D eigenvalue weighted by Crippen LogP contribution is -2.17. The van der Waals surface area contributed by atoms with Crippen LogP contribution in [0, 0.1) is 5.82 Å². The Bertz CT molecular complexity index is 1120. The van der Waals surface area contributed by atoms with E-state index in [0.717, 1.165) is 6.07 Å². The Hall–Kier alpha value is -3.71. The van der Waals surface area contributed by atoms with E-state index >= 15 is 0 Å². The average Bonchev–Trinajstić information content (AvgIpc) is 2.71. The summed E-state index contributed by atoms with van der Waals surface area (Å²) in [6.07, 6.45) is 0. The summed E-state index contributed by atoms with van der Waals surface area (Å²) >= 11 is 5.70. The second-order valence-corrected chi connectivity index (χ2v) is 6.38. The van der Waals surface area contributed by atoms with E-state index in [0.29, 0.717) is 11.4 Å². The molecule has 146 valence electrons. The predicted molar refractivity (Wildman–Crippen MR) is 107 cm³/mol. The number of rotatable bonds is 5. The van der Waals surface area contributed by atoms with E-state index in [2.05, 4.69) is 10.6 Å². The van der Waals surface area contributed by atoms with Crippen molar-refractivity contribution in [2.75, 3.05) is 10.6 Å². The molecule has 3 aromatic carbocycles. The fraction of sp³-hybridized carbons (Fsp3) is 0.